The number of aromatic nitrogens is 2. The summed E-state index contributed by atoms with van der Waals surface area (Å²) >= 11 is 0. The van der Waals surface area contributed by atoms with Gasteiger partial charge in [0.1, 0.15) is 5.82 Å². The van der Waals surface area contributed by atoms with Gasteiger partial charge < -0.3 is 9.32 Å². The van der Waals surface area contributed by atoms with Gasteiger partial charge in [-0.25, -0.2) is 12.8 Å². The lowest BCUT2D eigenvalue weighted by atomic mass is 10.2. The molecule has 0 N–H and O–H groups in total. The molecule has 1 aromatic carbocycles. The molecule has 2 heterocycles. The van der Waals surface area contributed by atoms with Crippen LogP contribution in [0, 0.1) is 5.82 Å². The molecule has 1 aliphatic heterocycles. The van der Waals surface area contributed by atoms with Crippen molar-refractivity contribution < 1.29 is 22.0 Å². The van der Waals surface area contributed by atoms with E-state index in [-0.39, 0.29) is 28.9 Å². The molecule has 0 aliphatic carbocycles. The molecule has 2 aromatic rings. The zero-order chi connectivity index (χ0) is 17.3. The van der Waals surface area contributed by atoms with Gasteiger partial charge in [0.2, 0.25) is 0 Å². The molecule has 1 fully saturated rings. The number of hydrogen-bond donors (Lipinski definition) is 0. The number of carbonyl (C=O) groups excluding carboxylic acids is 1. The first-order chi connectivity index (χ1) is 11.4. The standard InChI is InChI=1S/C15H16FN3O4S/c1-2-19(10-7-8-24(21,22)9-10)15(20)14-18-17-13(23-14)11-5-3-4-6-12(11)16/h3-6,10H,2,7-9H2,1H3. The fraction of sp³-hybridized carbons (Fsp3) is 0.400. The maximum absolute atomic E-state index is 13.8. The molecule has 0 bridgehead atoms. The van der Waals surface area contributed by atoms with Crippen molar-refractivity contribution in [3.8, 4) is 11.5 Å². The fourth-order valence-corrected chi connectivity index (χ4v) is 4.50. The van der Waals surface area contributed by atoms with Crippen molar-refractivity contribution in [1.29, 1.82) is 0 Å². The summed E-state index contributed by atoms with van der Waals surface area (Å²) in [6.45, 7) is 2.06. The van der Waals surface area contributed by atoms with Gasteiger partial charge in [0, 0.05) is 12.6 Å². The lowest BCUT2D eigenvalue weighted by Crippen LogP contribution is -2.41. The third-order valence-corrected chi connectivity index (χ3v) is 5.71. The second-order valence-electron chi connectivity index (χ2n) is 5.54. The van der Waals surface area contributed by atoms with E-state index < -0.39 is 27.6 Å². The summed E-state index contributed by atoms with van der Waals surface area (Å²) < 4.78 is 42.3. The normalized spacial score (nSPS) is 19.3. The van der Waals surface area contributed by atoms with Crippen LogP contribution in [-0.2, 0) is 9.84 Å². The maximum Gasteiger partial charge on any atom is 0.311 e. The number of benzene rings is 1. The number of hydrogen-bond acceptors (Lipinski definition) is 6. The van der Waals surface area contributed by atoms with E-state index in [0.29, 0.717) is 13.0 Å². The number of rotatable bonds is 4. The Morgan fingerprint density at radius 1 is 1.38 bits per heavy atom. The van der Waals surface area contributed by atoms with Crippen LogP contribution in [0.1, 0.15) is 24.0 Å². The quantitative estimate of drug-likeness (QED) is 0.827. The Hall–Kier alpha value is -2.29. The number of halogens is 1. The molecule has 0 radical (unpaired) electrons. The molecule has 1 atom stereocenters. The zero-order valence-corrected chi connectivity index (χ0v) is 13.8. The Morgan fingerprint density at radius 3 is 2.75 bits per heavy atom. The molecule has 3 rings (SSSR count). The van der Waals surface area contributed by atoms with E-state index in [9.17, 15) is 17.6 Å². The molecule has 1 unspecified atom stereocenters. The van der Waals surface area contributed by atoms with Gasteiger partial charge in [-0.3, -0.25) is 4.79 Å². The second-order valence-corrected chi connectivity index (χ2v) is 7.77. The summed E-state index contributed by atoms with van der Waals surface area (Å²) in [7, 11) is -3.12. The smallest absolute Gasteiger partial charge is 0.311 e. The molecule has 1 aromatic heterocycles. The Balaban J connectivity index is 1.84. The molecule has 0 saturated carbocycles. The van der Waals surface area contributed by atoms with E-state index in [1.165, 1.54) is 23.1 Å². The van der Waals surface area contributed by atoms with Crippen molar-refractivity contribution in [2.75, 3.05) is 18.1 Å². The van der Waals surface area contributed by atoms with Crippen LogP contribution in [0.5, 0.6) is 0 Å². The Bertz CT molecular complexity index is 865. The summed E-state index contributed by atoms with van der Waals surface area (Å²) in [5.74, 6) is -1.46. The number of nitrogens with zero attached hydrogens (tertiary/aromatic N) is 3. The molecule has 1 amide bonds. The van der Waals surface area contributed by atoms with Crippen LogP contribution < -0.4 is 0 Å². The number of sulfone groups is 1. The summed E-state index contributed by atoms with van der Waals surface area (Å²) in [6.07, 6.45) is 0.385. The van der Waals surface area contributed by atoms with Gasteiger partial charge in [0.15, 0.2) is 9.84 Å². The van der Waals surface area contributed by atoms with Crippen LogP contribution >= 0.6 is 0 Å². The Labute approximate surface area is 138 Å². The van der Waals surface area contributed by atoms with Gasteiger partial charge in [-0.15, -0.1) is 10.2 Å². The first-order valence-corrected chi connectivity index (χ1v) is 9.33. The van der Waals surface area contributed by atoms with Gasteiger partial charge in [-0.2, -0.15) is 0 Å². The van der Waals surface area contributed by atoms with Gasteiger partial charge in [-0.05, 0) is 25.5 Å². The molecular formula is C15H16FN3O4S. The fourth-order valence-electron chi connectivity index (χ4n) is 2.76. The lowest BCUT2D eigenvalue weighted by molar-refractivity contribution is 0.0668. The van der Waals surface area contributed by atoms with E-state index in [1.54, 1.807) is 13.0 Å². The highest BCUT2D eigenvalue weighted by atomic mass is 32.2. The van der Waals surface area contributed by atoms with E-state index >= 15 is 0 Å². The largest absolute Gasteiger partial charge is 0.412 e. The van der Waals surface area contributed by atoms with Crippen molar-refractivity contribution in [3.05, 3.63) is 36.0 Å². The van der Waals surface area contributed by atoms with Crippen LogP contribution in [0.15, 0.2) is 28.7 Å². The van der Waals surface area contributed by atoms with Gasteiger partial charge >= 0.3 is 11.8 Å². The summed E-state index contributed by atoms with van der Waals surface area (Å²) in [4.78, 5) is 14.0. The van der Waals surface area contributed by atoms with Crippen molar-refractivity contribution >= 4 is 15.7 Å². The van der Waals surface area contributed by atoms with Crippen LogP contribution in [0.4, 0.5) is 4.39 Å². The van der Waals surface area contributed by atoms with Crippen molar-refractivity contribution in [2.24, 2.45) is 0 Å². The highest BCUT2D eigenvalue weighted by molar-refractivity contribution is 7.91. The van der Waals surface area contributed by atoms with Crippen molar-refractivity contribution in [3.63, 3.8) is 0 Å². The molecule has 9 heteroatoms. The molecule has 128 valence electrons. The number of carbonyl (C=O) groups is 1. The maximum atomic E-state index is 13.8. The van der Waals surface area contributed by atoms with E-state index in [0.717, 1.165) is 0 Å². The molecule has 1 saturated heterocycles. The molecule has 1 aliphatic rings. The minimum atomic E-state index is -3.12. The first kappa shape index (κ1) is 16.6. The van der Waals surface area contributed by atoms with Crippen LogP contribution in [0.25, 0.3) is 11.5 Å². The monoisotopic (exact) mass is 353 g/mol. The van der Waals surface area contributed by atoms with Gasteiger partial charge in [-0.1, -0.05) is 12.1 Å². The van der Waals surface area contributed by atoms with Gasteiger partial charge in [0.05, 0.1) is 17.1 Å². The van der Waals surface area contributed by atoms with E-state index in [2.05, 4.69) is 10.2 Å². The third kappa shape index (κ3) is 3.16. The third-order valence-electron chi connectivity index (χ3n) is 3.96. The predicted molar refractivity (Wildman–Crippen MR) is 83.5 cm³/mol. The minimum absolute atomic E-state index is 0.0613. The first-order valence-electron chi connectivity index (χ1n) is 7.51. The highest BCUT2D eigenvalue weighted by Crippen LogP contribution is 2.23. The Morgan fingerprint density at radius 2 is 2.12 bits per heavy atom. The predicted octanol–water partition coefficient (Wildman–Crippen LogP) is 1.52. The van der Waals surface area contributed by atoms with Crippen LogP contribution in [-0.4, -0.2) is 53.5 Å². The number of amides is 1. The molecule has 7 nitrogen and oxygen atoms in total. The molecule has 24 heavy (non-hydrogen) atoms. The average Bonchev–Trinajstić information content (AvgIpc) is 3.15. The topological polar surface area (TPSA) is 93.4 Å². The molecular weight excluding hydrogens is 337 g/mol. The van der Waals surface area contributed by atoms with E-state index in [4.69, 9.17) is 4.42 Å². The Kier molecular flexibility index (Phi) is 4.35. The summed E-state index contributed by atoms with van der Waals surface area (Å²) in [5, 5.41) is 7.40. The lowest BCUT2D eigenvalue weighted by Gasteiger charge is -2.25. The highest BCUT2D eigenvalue weighted by Gasteiger charge is 2.36. The molecule has 0 spiro atoms. The van der Waals surface area contributed by atoms with Crippen LogP contribution in [0.2, 0.25) is 0 Å². The van der Waals surface area contributed by atoms with Crippen molar-refractivity contribution in [2.45, 2.75) is 19.4 Å². The zero-order valence-electron chi connectivity index (χ0n) is 13.0. The van der Waals surface area contributed by atoms with E-state index in [1.807, 2.05) is 0 Å². The SMILES string of the molecule is CCN(C(=O)c1nnc(-c2ccccc2F)o1)C1CCS(=O)(=O)C1. The second kappa shape index (κ2) is 6.31. The summed E-state index contributed by atoms with van der Waals surface area (Å²) in [6, 6.07) is 5.46. The van der Waals surface area contributed by atoms with Gasteiger partial charge in [0.25, 0.3) is 5.89 Å². The van der Waals surface area contributed by atoms with Crippen LogP contribution in [0.3, 0.4) is 0 Å². The minimum Gasteiger partial charge on any atom is -0.412 e. The summed E-state index contributed by atoms with van der Waals surface area (Å²) in [5.41, 5.74) is 0.107. The van der Waals surface area contributed by atoms with Crippen molar-refractivity contribution in [1.82, 2.24) is 15.1 Å². The average molecular weight is 353 g/mol.